The summed E-state index contributed by atoms with van der Waals surface area (Å²) in [5.74, 6) is -1.91. The molecule has 186 valence electrons. The number of aliphatic hydroxyl groups is 1. The number of Topliss-reactive ketones (excluding diaryl/α,β-unsaturated/α-hetero) is 1. The summed E-state index contributed by atoms with van der Waals surface area (Å²) in [7, 11) is 0. The maximum absolute atomic E-state index is 14.0. The first kappa shape index (κ1) is 24.7. The number of hydrogen-bond acceptors (Lipinski definition) is 6. The molecule has 3 aromatic carbocycles. The van der Waals surface area contributed by atoms with E-state index in [2.05, 4.69) is 4.98 Å². The molecule has 0 spiro atoms. The summed E-state index contributed by atoms with van der Waals surface area (Å²) >= 11 is 7.44. The lowest BCUT2D eigenvalue weighted by Gasteiger charge is -2.27. The molecular weight excluding hydrogens is 508 g/mol. The first-order valence-corrected chi connectivity index (χ1v) is 12.8. The summed E-state index contributed by atoms with van der Waals surface area (Å²) in [5.41, 5.74) is 4.19. The number of phenolic OH excluding ortho intramolecular Hbond substituents is 1. The van der Waals surface area contributed by atoms with Gasteiger partial charge in [0, 0.05) is 11.3 Å². The highest BCUT2D eigenvalue weighted by Crippen LogP contribution is 2.44. The molecule has 0 radical (unpaired) electrons. The number of halogens is 1. The Morgan fingerprint density at radius 3 is 2.30 bits per heavy atom. The second kappa shape index (κ2) is 9.50. The van der Waals surface area contributed by atoms with Crippen LogP contribution in [0.15, 0.2) is 78.1 Å². The van der Waals surface area contributed by atoms with Gasteiger partial charge in [0.05, 0.1) is 27.2 Å². The SMILES string of the molecule is Cc1cc(C)cc(N2C(=O)C(O)=C(C(=O)c3sc(-c4ccccc4)nc3C)C2c2ccc(O)c(Cl)c2)c1. The van der Waals surface area contributed by atoms with Crippen molar-refractivity contribution in [2.24, 2.45) is 0 Å². The number of amides is 1. The number of carbonyl (C=O) groups excluding carboxylic acids is 2. The molecule has 8 heteroatoms. The van der Waals surface area contributed by atoms with E-state index in [1.54, 1.807) is 13.0 Å². The fraction of sp³-hybridized carbons (Fsp3) is 0.138. The van der Waals surface area contributed by atoms with Crippen LogP contribution in [0.3, 0.4) is 0 Å². The van der Waals surface area contributed by atoms with Crippen molar-refractivity contribution in [3.63, 3.8) is 0 Å². The molecule has 0 bridgehead atoms. The normalized spacial score (nSPS) is 15.5. The van der Waals surface area contributed by atoms with Gasteiger partial charge in [0.15, 0.2) is 5.76 Å². The Labute approximate surface area is 223 Å². The molecule has 1 aromatic heterocycles. The number of nitrogens with zero attached hydrogens (tertiary/aromatic N) is 2. The third-order valence-corrected chi connectivity index (χ3v) is 7.76. The molecule has 2 heterocycles. The lowest BCUT2D eigenvalue weighted by molar-refractivity contribution is -0.117. The van der Waals surface area contributed by atoms with E-state index in [4.69, 9.17) is 11.6 Å². The van der Waals surface area contributed by atoms with Gasteiger partial charge in [0.2, 0.25) is 5.78 Å². The van der Waals surface area contributed by atoms with Gasteiger partial charge in [-0.25, -0.2) is 4.98 Å². The Hall–Kier alpha value is -3.94. The van der Waals surface area contributed by atoms with Gasteiger partial charge in [-0.3, -0.25) is 14.5 Å². The number of anilines is 1. The molecule has 1 aliphatic rings. The van der Waals surface area contributed by atoms with Crippen LogP contribution in [-0.4, -0.2) is 26.9 Å². The van der Waals surface area contributed by atoms with E-state index in [1.807, 2.05) is 62.4 Å². The summed E-state index contributed by atoms with van der Waals surface area (Å²) in [6, 6.07) is 18.7. The molecular formula is C29H23ClN2O4S. The predicted molar refractivity (Wildman–Crippen MR) is 146 cm³/mol. The van der Waals surface area contributed by atoms with Gasteiger partial charge in [0.1, 0.15) is 10.8 Å². The number of aromatic nitrogens is 1. The van der Waals surface area contributed by atoms with Crippen molar-refractivity contribution in [3.05, 3.63) is 110 Å². The Bertz CT molecular complexity index is 1570. The van der Waals surface area contributed by atoms with Crippen LogP contribution in [0.5, 0.6) is 5.75 Å². The number of aromatic hydroxyl groups is 1. The summed E-state index contributed by atoms with van der Waals surface area (Å²) in [4.78, 5) is 33.8. The quantitative estimate of drug-likeness (QED) is 0.274. The van der Waals surface area contributed by atoms with Crippen molar-refractivity contribution in [2.45, 2.75) is 26.8 Å². The molecule has 0 aliphatic carbocycles. The Kier molecular flexibility index (Phi) is 6.35. The molecule has 1 amide bonds. The Balaban J connectivity index is 1.67. The lowest BCUT2D eigenvalue weighted by atomic mass is 9.94. The van der Waals surface area contributed by atoms with E-state index in [1.165, 1.54) is 28.4 Å². The molecule has 5 rings (SSSR count). The van der Waals surface area contributed by atoms with Crippen LogP contribution in [0, 0.1) is 20.8 Å². The van der Waals surface area contributed by atoms with Crippen molar-refractivity contribution in [3.8, 4) is 16.3 Å². The minimum absolute atomic E-state index is 0.0581. The first-order chi connectivity index (χ1) is 17.7. The third kappa shape index (κ3) is 4.41. The number of thiazole rings is 1. The fourth-order valence-electron chi connectivity index (χ4n) is 4.64. The number of rotatable bonds is 5. The summed E-state index contributed by atoms with van der Waals surface area (Å²) in [5, 5.41) is 21.8. The Morgan fingerprint density at radius 1 is 0.973 bits per heavy atom. The van der Waals surface area contributed by atoms with Crippen molar-refractivity contribution in [1.82, 2.24) is 4.98 Å². The number of hydrogen-bond donors (Lipinski definition) is 2. The highest BCUT2D eigenvalue weighted by atomic mass is 35.5. The lowest BCUT2D eigenvalue weighted by Crippen LogP contribution is -2.31. The molecule has 2 N–H and O–H groups in total. The summed E-state index contributed by atoms with van der Waals surface area (Å²) in [6.45, 7) is 5.56. The Morgan fingerprint density at radius 2 is 1.65 bits per heavy atom. The average molecular weight is 531 g/mol. The molecule has 4 aromatic rings. The molecule has 0 saturated carbocycles. The monoisotopic (exact) mass is 530 g/mol. The van der Waals surface area contributed by atoms with Crippen LogP contribution >= 0.6 is 22.9 Å². The number of phenols is 1. The van der Waals surface area contributed by atoms with Crippen LogP contribution < -0.4 is 4.90 Å². The predicted octanol–water partition coefficient (Wildman–Crippen LogP) is 6.88. The van der Waals surface area contributed by atoms with Crippen molar-refractivity contribution in [1.29, 1.82) is 0 Å². The smallest absolute Gasteiger partial charge is 0.294 e. The number of aryl methyl sites for hydroxylation is 3. The largest absolute Gasteiger partial charge is 0.506 e. The number of carbonyl (C=O) groups is 2. The van der Waals surface area contributed by atoms with Gasteiger partial charge in [-0.15, -0.1) is 11.3 Å². The van der Waals surface area contributed by atoms with Crippen LogP contribution in [0.25, 0.3) is 10.6 Å². The van der Waals surface area contributed by atoms with Gasteiger partial charge >= 0.3 is 0 Å². The summed E-state index contributed by atoms with van der Waals surface area (Å²) in [6.07, 6.45) is 0. The highest BCUT2D eigenvalue weighted by Gasteiger charge is 2.45. The van der Waals surface area contributed by atoms with Crippen molar-refractivity contribution in [2.75, 3.05) is 4.90 Å². The molecule has 1 aliphatic heterocycles. The first-order valence-electron chi connectivity index (χ1n) is 11.6. The van der Waals surface area contributed by atoms with Crippen LogP contribution in [0.1, 0.15) is 38.1 Å². The molecule has 1 atom stereocenters. The van der Waals surface area contributed by atoms with Crippen molar-refractivity contribution < 1.29 is 19.8 Å². The van der Waals surface area contributed by atoms with E-state index >= 15 is 0 Å². The molecule has 6 nitrogen and oxygen atoms in total. The molecule has 0 fully saturated rings. The maximum Gasteiger partial charge on any atom is 0.294 e. The zero-order valence-corrected chi connectivity index (χ0v) is 21.9. The minimum atomic E-state index is -0.957. The minimum Gasteiger partial charge on any atom is -0.506 e. The van der Waals surface area contributed by atoms with E-state index in [0.717, 1.165) is 16.7 Å². The van der Waals surface area contributed by atoms with Gasteiger partial charge in [0.25, 0.3) is 5.91 Å². The van der Waals surface area contributed by atoms with Gasteiger partial charge in [-0.2, -0.15) is 0 Å². The van der Waals surface area contributed by atoms with Crippen LogP contribution in [-0.2, 0) is 4.79 Å². The standard InChI is InChI=1S/C29H23ClN2O4S/c1-15-11-16(2)13-20(12-15)32-24(19-9-10-22(33)21(30)14-19)23(26(35)29(32)36)25(34)27-17(3)31-28(37-27)18-7-5-4-6-8-18/h4-14,24,33,35H,1-3H3. The molecule has 37 heavy (non-hydrogen) atoms. The average Bonchev–Trinajstić information content (AvgIpc) is 3.38. The van der Waals surface area contributed by atoms with Crippen LogP contribution in [0.4, 0.5) is 5.69 Å². The van der Waals surface area contributed by atoms with E-state index in [-0.39, 0.29) is 16.3 Å². The summed E-state index contributed by atoms with van der Waals surface area (Å²) < 4.78 is 0. The van der Waals surface area contributed by atoms with E-state index < -0.39 is 23.5 Å². The second-order valence-electron chi connectivity index (χ2n) is 9.03. The number of benzene rings is 3. The third-order valence-electron chi connectivity index (χ3n) is 6.25. The molecule has 1 unspecified atom stereocenters. The van der Waals surface area contributed by atoms with Gasteiger partial charge in [-0.05, 0) is 61.7 Å². The highest BCUT2D eigenvalue weighted by molar-refractivity contribution is 7.17. The topological polar surface area (TPSA) is 90.7 Å². The fourth-order valence-corrected chi connectivity index (χ4v) is 5.85. The zero-order chi connectivity index (χ0) is 26.4. The number of ketones is 1. The van der Waals surface area contributed by atoms with E-state index in [0.29, 0.717) is 26.8 Å². The van der Waals surface area contributed by atoms with Gasteiger partial charge in [-0.1, -0.05) is 54.1 Å². The molecule has 0 saturated heterocycles. The maximum atomic E-state index is 14.0. The number of aliphatic hydroxyl groups excluding tert-OH is 1. The second-order valence-corrected chi connectivity index (χ2v) is 10.4. The van der Waals surface area contributed by atoms with Gasteiger partial charge < -0.3 is 10.2 Å². The van der Waals surface area contributed by atoms with Crippen LogP contribution in [0.2, 0.25) is 5.02 Å². The van der Waals surface area contributed by atoms with E-state index in [9.17, 15) is 19.8 Å². The van der Waals surface area contributed by atoms with Crippen molar-refractivity contribution >= 4 is 40.3 Å². The zero-order valence-electron chi connectivity index (χ0n) is 20.3.